The van der Waals surface area contributed by atoms with Gasteiger partial charge >= 0.3 is 12.1 Å². The fourth-order valence-corrected chi connectivity index (χ4v) is 2.17. The minimum absolute atomic E-state index is 0.118. The Morgan fingerprint density at radius 2 is 2.09 bits per heavy atom. The Morgan fingerprint density at radius 1 is 1.35 bits per heavy atom. The second-order valence-electron chi connectivity index (χ2n) is 5.07. The second kappa shape index (κ2) is 7.45. The van der Waals surface area contributed by atoms with E-state index in [4.69, 9.17) is 4.74 Å². The Hall–Kier alpha value is -2.09. The smallest absolute Gasteiger partial charge is 0.411 e. The van der Waals surface area contributed by atoms with Crippen molar-refractivity contribution >= 4 is 11.9 Å². The largest absolute Gasteiger partial charge is 0.448 e. The number of esters is 1. The minimum Gasteiger partial charge on any atom is -0.448 e. The van der Waals surface area contributed by atoms with Crippen LogP contribution in [0.25, 0.3) is 0 Å². The Bertz CT molecular complexity index is 574. The number of ether oxygens (including phenoxy) is 2. The van der Waals surface area contributed by atoms with Gasteiger partial charge in [0.1, 0.15) is 6.61 Å². The number of alkyl halides is 3. The molecule has 0 fully saturated rings. The average Bonchev–Trinajstić information content (AvgIpc) is 2.49. The number of halogens is 3. The van der Waals surface area contributed by atoms with Crippen LogP contribution in [-0.2, 0) is 20.7 Å². The molecule has 1 N–H and O–H groups in total. The monoisotopic (exact) mass is 331 g/mol. The SMILES string of the molecule is O=C1OC(C(=O)NCCCOCC(F)(F)F)Cc2ccccc21. The molecule has 0 aliphatic carbocycles. The molecule has 23 heavy (non-hydrogen) atoms. The maximum atomic E-state index is 11.9. The van der Waals surface area contributed by atoms with Crippen LogP contribution in [0.15, 0.2) is 24.3 Å². The third-order valence-electron chi connectivity index (χ3n) is 3.21. The molecule has 2 rings (SSSR count). The van der Waals surface area contributed by atoms with Gasteiger partial charge in [0.2, 0.25) is 0 Å². The number of hydrogen-bond acceptors (Lipinski definition) is 4. The summed E-state index contributed by atoms with van der Waals surface area (Å²) in [6.07, 6.45) is -4.77. The van der Waals surface area contributed by atoms with Gasteiger partial charge in [0, 0.05) is 19.6 Å². The van der Waals surface area contributed by atoms with Crippen LogP contribution in [0.3, 0.4) is 0 Å². The highest BCUT2D eigenvalue weighted by molar-refractivity contribution is 5.95. The number of carbonyl (C=O) groups is 2. The van der Waals surface area contributed by atoms with E-state index >= 15 is 0 Å². The summed E-state index contributed by atoms with van der Waals surface area (Å²) in [5.41, 5.74) is 1.18. The summed E-state index contributed by atoms with van der Waals surface area (Å²) in [6, 6.07) is 6.86. The molecule has 1 atom stereocenters. The van der Waals surface area contributed by atoms with Gasteiger partial charge in [0.05, 0.1) is 5.56 Å². The number of cyclic esters (lactones) is 1. The van der Waals surface area contributed by atoms with Crippen LogP contribution in [0.2, 0.25) is 0 Å². The zero-order valence-electron chi connectivity index (χ0n) is 12.2. The van der Waals surface area contributed by atoms with Crippen molar-refractivity contribution < 1.29 is 32.2 Å². The molecule has 5 nitrogen and oxygen atoms in total. The number of nitrogens with one attached hydrogen (secondary N) is 1. The van der Waals surface area contributed by atoms with E-state index in [1.807, 2.05) is 0 Å². The molecule has 1 aliphatic rings. The highest BCUT2D eigenvalue weighted by Gasteiger charge is 2.30. The Balaban J connectivity index is 1.72. The standard InChI is InChI=1S/C15H16F3NO4/c16-15(17,18)9-22-7-3-6-19-13(20)12-8-10-4-1-2-5-11(10)14(21)23-12/h1-2,4-5,12H,3,6-9H2,(H,19,20). The lowest BCUT2D eigenvalue weighted by atomic mass is 9.98. The highest BCUT2D eigenvalue weighted by atomic mass is 19.4. The van der Waals surface area contributed by atoms with E-state index < -0.39 is 30.8 Å². The fourth-order valence-electron chi connectivity index (χ4n) is 2.17. The molecule has 1 amide bonds. The normalized spacial score (nSPS) is 17.3. The van der Waals surface area contributed by atoms with Crippen LogP contribution in [0.4, 0.5) is 13.2 Å². The molecule has 0 aromatic heterocycles. The third-order valence-corrected chi connectivity index (χ3v) is 3.21. The van der Waals surface area contributed by atoms with Crippen LogP contribution in [-0.4, -0.2) is 43.9 Å². The van der Waals surface area contributed by atoms with Crippen molar-refractivity contribution in [2.45, 2.75) is 25.1 Å². The van der Waals surface area contributed by atoms with E-state index in [-0.39, 0.29) is 26.0 Å². The van der Waals surface area contributed by atoms with Crippen molar-refractivity contribution in [2.75, 3.05) is 19.8 Å². The van der Waals surface area contributed by atoms with Gasteiger partial charge in [-0.3, -0.25) is 4.79 Å². The molecule has 1 aromatic carbocycles. The first-order chi connectivity index (χ1) is 10.9. The van der Waals surface area contributed by atoms with Gasteiger partial charge in [-0.2, -0.15) is 13.2 Å². The lowest BCUT2D eigenvalue weighted by Gasteiger charge is -2.23. The molecule has 8 heteroatoms. The summed E-state index contributed by atoms with van der Waals surface area (Å²) in [5.74, 6) is -1.02. The Morgan fingerprint density at radius 3 is 2.83 bits per heavy atom. The highest BCUT2D eigenvalue weighted by Crippen LogP contribution is 2.20. The van der Waals surface area contributed by atoms with E-state index in [9.17, 15) is 22.8 Å². The summed E-state index contributed by atoms with van der Waals surface area (Å²) >= 11 is 0. The van der Waals surface area contributed by atoms with E-state index in [1.54, 1.807) is 24.3 Å². The molecule has 1 aliphatic heterocycles. The number of hydrogen-bond donors (Lipinski definition) is 1. The Labute approximate surface area is 130 Å². The van der Waals surface area contributed by atoms with Crippen molar-refractivity contribution in [1.29, 1.82) is 0 Å². The molecular formula is C15H16F3NO4. The molecule has 0 bridgehead atoms. The average molecular weight is 331 g/mol. The lowest BCUT2D eigenvalue weighted by Crippen LogP contribution is -2.42. The summed E-state index contributed by atoms with van der Waals surface area (Å²) < 4.78 is 45.0. The van der Waals surface area contributed by atoms with E-state index in [2.05, 4.69) is 10.1 Å². The maximum absolute atomic E-state index is 11.9. The van der Waals surface area contributed by atoms with Gasteiger partial charge in [0.25, 0.3) is 5.91 Å². The van der Waals surface area contributed by atoms with Crippen LogP contribution >= 0.6 is 0 Å². The van der Waals surface area contributed by atoms with Crippen LogP contribution in [0.1, 0.15) is 22.3 Å². The number of benzene rings is 1. The fraction of sp³-hybridized carbons (Fsp3) is 0.467. The summed E-state index contributed by atoms with van der Waals surface area (Å²) in [5, 5.41) is 2.52. The topological polar surface area (TPSA) is 64.6 Å². The maximum Gasteiger partial charge on any atom is 0.411 e. The van der Waals surface area contributed by atoms with Crippen molar-refractivity contribution in [3.8, 4) is 0 Å². The first-order valence-electron chi connectivity index (χ1n) is 7.08. The van der Waals surface area contributed by atoms with E-state index in [0.29, 0.717) is 5.56 Å². The summed E-state index contributed by atoms with van der Waals surface area (Å²) in [4.78, 5) is 23.7. The van der Waals surface area contributed by atoms with Crippen molar-refractivity contribution in [1.82, 2.24) is 5.32 Å². The van der Waals surface area contributed by atoms with Crippen LogP contribution in [0, 0.1) is 0 Å². The quantitative estimate of drug-likeness (QED) is 0.638. The molecule has 0 radical (unpaired) electrons. The van der Waals surface area contributed by atoms with Gasteiger partial charge in [0.15, 0.2) is 6.10 Å². The summed E-state index contributed by atoms with van der Waals surface area (Å²) in [6.45, 7) is -1.28. The molecule has 0 saturated heterocycles. The van der Waals surface area contributed by atoms with Crippen molar-refractivity contribution in [3.05, 3.63) is 35.4 Å². The zero-order valence-corrected chi connectivity index (χ0v) is 12.2. The Kier molecular flexibility index (Phi) is 5.59. The molecule has 0 spiro atoms. The van der Waals surface area contributed by atoms with Crippen LogP contribution in [0.5, 0.6) is 0 Å². The minimum atomic E-state index is -4.35. The number of amides is 1. The number of carbonyl (C=O) groups excluding carboxylic acids is 2. The van der Waals surface area contributed by atoms with Gasteiger partial charge in [-0.15, -0.1) is 0 Å². The van der Waals surface area contributed by atoms with Gasteiger partial charge in [-0.1, -0.05) is 18.2 Å². The molecule has 126 valence electrons. The number of fused-ring (bicyclic) bond motifs is 1. The first-order valence-corrected chi connectivity index (χ1v) is 7.08. The molecule has 1 unspecified atom stereocenters. The number of rotatable bonds is 6. The van der Waals surface area contributed by atoms with Gasteiger partial charge in [-0.25, -0.2) is 4.79 Å². The van der Waals surface area contributed by atoms with Crippen molar-refractivity contribution in [2.24, 2.45) is 0 Å². The zero-order chi connectivity index (χ0) is 16.9. The first kappa shape index (κ1) is 17.3. The van der Waals surface area contributed by atoms with E-state index in [1.165, 1.54) is 0 Å². The van der Waals surface area contributed by atoms with Crippen molar-refractivity contribution in [3.63, 3.8) is 0 Å². The summed E-state index contributed by atoms with van der Waals surface area (Å²) in [7, 11) is 0. The van der Waals surface area contributed by atoms with Gasteiger partial charge < -0.3 is 14.8 Å². The predicted octanol–water partition coefficient (Wildman–Crippen LogP) is 1.85. The van der Waals surface area contributed by atoms with E-state index in [0.717, 1.165) is 5.56 Å². The predicted molar refractivity (Wildman–Crippen MR) is 73.9 cm³/mol. The second-order valence-corrected chi connectivity index (χ2v) is 5.07. The van der Waals surface area contributed by atoms with Crippen LogP contribution < -0.4 is 5.32 Å². The third kappa shape index (κ3) is 5.24. The lowest BCUT2D eigenvalue weighted by molar-refractivity contribution is -0.174. The van der Waals surface area contributed by atoms with Gasteiger partial charge in [-0.05, 0) is 18.1 Å². The molecule has 1 aromatic rings. The molecule has 1 heterocycles. The molecule has 0 saturated carbocycles. The molecular weight excluding hydrogens is 315 g/mol.